The Balaban J connectivity index is 2.33. The van der Waals surface area contributed by atoms with Crippen molar-refractivity contribution < 1.29 is 18.0 Å². The molecule has 1 heterocycles. The van der Waals surface area contributed by atoms with E-state index in [9.17, 15) is 18.0 Å². The third-order valence-corrected chi connectivity index (χ3v) is 2.36. The van der Waals surface area contributed by atoms with Crippen LogP contribution in [0, 0.1) is 17.5 Å². The number of hydrogen-bond donors (Lipinski definition) is 0. The topological polar surface area (TPSA) is 20.3 Å². The molecule has 0 bridgehead atoms. The molecule has 1 aromatic carbocycles. The van der Waals surface area contributed by atoms with E-state index in [1.165, 1.54) is 4.90 Å². The first kappa shape index (κ1) is 10.0. The maximum absolute atomic E-state index is 12.9. The minimum absolute atomic E-state index is 0.0140. The molecule has 80 valence electrons. The monoisotopic (exact) mass is 215 g/mol. The third kappa shape index (κ3) is 1.82. The van der Waals surface area contributed by atoms with Gasteiger partial charge in [-0.05, 0) is 0 Å². The summed E-state index contributed by atoms with van der Waals surface area (Å²) in [5.74, 6) is -3.93. The van der Waals surface area contributed by atoms with Crippen LogP contribution in [0.5, 0.6) is 0 Å². The fourth-order valence-corrected chi connectivity index (χ4v) is 1.58. The average molecular weight is 215 g/mol. The van der Waals surface area contributed by atoms with Crippen molar-refractivity contribution in [3.8, 4) is 0 Å². The standard InChI is InChI=1S/C10H8F3NO/c11-8-3-6(4-9(12)10(8)13)14-2-1-7(15)5-14/h3-4H,1-2,5H2. The molecule has 0 atom stereocenters. The molecule has 0 aliphatic carbocycles. The molecular weight excluding hydrogens is 207 g/mol. The maximum Gasteiger partial charge on any atom is 0.194 e. The summed E-state index contributed by atoms with van der Waals surface area (Å²) in [5, 5.41) is 0. The third-order valence-electron chi connectivity index (χ3n) is 2.36. The van der Waals surface area contributed by atoms with Gasteiger partial charge in [-0.2, -0.15) is 0 Å². The average Bonchev–Trinajstić information content (AvgIpc) is 2.60. The van der Waals surface area contributed by atoms with E-state index in [0.29, 0.717) is 13.0 Å². The Kier molecular flexibility index (Phi) is 2.38. The largest absolute Gasteiger partial charge is 0.364 e. The molecule has 2 nitrogen and oxygen atoms in total. The minimum atomic E-state index is -1.48. The summed E-state index contributed by atoms with van der Waals surface area (Å²) in [4.78, 5) is 12.5. The second-order valence-electron chi connectivity index (χ2n) is 3.43. The SMILES string of the molecule is O=C1CCN(c2cc(F)c(F)c(F)c2)C1. The molecule has 1 aromatic rings. The lowest BCUT2D eigenvalue weighted by Crippen LogP contribution is -2.20. The van der Waals surface area contributed by atoms with Gasteiger partial charge in [0.05, 0.1) is 6.54 Å². The lowest BCUT2D eigenvalue weighted by Gasteiger charge is -2.16. The highest BCUT2D eigenvalue weighted by Crippen LogP contribution is 2.23. The van der Waals surface area contributed by atoms with Crippen molar-refractivity contribution >= 4 is 11.5 Å². The van der Waals surface area contributed by atoms with Gasteiger partial charge in [-0.15, -0.1) is 0 Å². The van der Waals surface area contributed by atoms with E-state index in [1.54, 1.807) is 0 Å². The number of carbonyl (C=O) groups is 1. The Morgan fingerprint density at radius 1 is 1.13 bits per heavy atom. The van der Waals surface area contributed by atoms with Crippen molar-refractivity contribution in [1.82, 2.24) is 0 Å². The highest BCUT2D eigenvalue weighted by molar-refractivity contribution is 5.87. The van der Waals surface area contributed by atoms with Crippen molar-refractivity contribution in [2.75, 3.05) is 18.0 Å². The van der Waals surface area contributed by atoms with Crippen LogP contribution in [0.2, 0.25) is 0 Å². The van der Waals surface area contributed by atoms with Gasteiger partial charge >= 0.3 is 0 Å². The van der Waals surface area contributed by atoms with E-state index in [4.69, 9.17) is 0 Å². The van der Waals surface area contributed by atoms with Crippen LogP contribution in [0.1, 0.15) is 6.42 Å². The van der Waals surface area contributed by atoms with Crippen LogP contribution in [0.4, 0.5) is 18.9 Å². The predicted octanol–water partition coefficient (Wildman–Crippen LogP) is 1.88. The van der Waals surface area contributed by atoms with Crippen LogP contribution in [0.15, 0.2) is 12.1 Å². The van der Waals surface area contributed by atoms with Gasteiger partial charge < -0.3 is 4.90 Å². The second kappa shape index (κ2) is 3.56. The van der Waals surface area contributed by atoms with Gasteiger partial charge in [0.15, 0.2) is 23.2 Å². The number of ketones is 1. The Morgan fingerprint density at radius 2 is 1.73 bits per heavy atom. The van der Waals surface area contributed by atoms with E-state index in [0.717, 1.165) is 12.1 Å². The van der Waals surface area contributed by atoms with E-state index in [-0.39, 0.29) is 18.0 Å². The molecule has 1 fully saturated rings. The van der Waals surface area contributed by atoms with Crippen LogP contribution in [0.25, 0.3) is 0 Å². The molecular formula is C10H8F3NO. The van der Waals surface area contributed by atoms with Crippen LogP contribution in [0.3, 0.4) is 0 Å². The number of carbonyl (C=O) groups excluding carboxylic acids is 1. The maximum atomic E-state index is 12.9. The van der Waals surface area contributed by atoms with E-state index in [1.807, 2.05) is 0 Å². The lowest BCUT2D eigenvalue weighted by atomic mass is 10.2. The first-order chi connectivity index (χ1) is 7.08. The number of anilines is 1. The first-order valence-corrected chi connectivity index (χ1v) is 4.49. The van der Waals surface area contributed by atoms with E-state index < -0.39 is 17.5 Å². The summed E-state index contributed by atoms with van der Waals surface area (Å²) in [6.07, 6.45) is 0.362. The molecule has 5 heteroatoms. The van der Waals surface area contributed by atoms with Crippen molar-refractivity contribution in [2.45, 2.75) is 6.42 Å². The molecule has 1 saturated heterocycles. The van der Waals surface area contributed by atoms with Crippen molar-refractivity contribution in [3.05, 3.63) is 29.6 Å². The van der Waals surface area contributed by atoms with E-state index in [2.05, 4.69) is 0 Å². The van der Waals surface area contributed by atoms with Gasteiger partial charge in [0.1, 0.15) is 0 Å². The predicted molar refractivity (Wildman–Crippen MR) is 48.2 cm³/mol. The molecule has 2 rings (SSSR count). The van der Waals surface area contributed by atoms with Gasteiger partial charge in [-0.25, -0.2) is 13.2 Å². The number of rotatable bonds is 1. The highest BCUT2D eigenvalue weighted by Gasteiger charge is 2.21. The number of halogens is 3. The summed E-state index contributed by atoms with van der Waals surface area (Å²) in [6, 6.07) is 1.80. The summed E-state index contributed by atoms with van der Waals surface area (Å²) in [6.45, 7) is 0.549. The van der Waals surface area contributed by atoms with Crippen molar-refractivity contribution in [1.29, 1.82) is 0 Å². The molecule has 1 aliphatic rings. The Labute approximate surface area is 84.3 Å². The van der Waals surface area contributed by atoms with Gasteiger partial charge in [-0.1, -0.05) is 0 Å². The molecule has 0 radical (unpaired) electrons. The molecule has 0 N–H and O–H groups in total. The van der Waals surface area contributed by atoms with Crippen molar-refractivity contribution in [2.24, 2.45) is 0 Å². The zero-order valence-electron chi connectivity index (χ0n) is 7.77. The summed E-state index contributed by atoms with van der Waals surface area (Å²) in [5.41, 5.74) is 0.206. The lowest BCUT2D eigenvalue weighted by molar-refractivity contribution is -0.116. The van der Waals surface area contributed by atoms with Crippen LogP contribution < -0.4 is 4.90 Å². The van der Waals surface area contributed by atoms with E-state index >= 15 is 0 Å². The van der Waals surface area contributed by atoms with Gasteiger partial charge in [0, 0.05) is 30.8 Å². The molecule has 15 heavy (non-hydrogen) atoms. The summed E-state index contributed by atoms with van der Waals surface area (Å²) < 4.78 is 38.4. The van der Waals surface area contributed by atoms with Gasteiger partial charge in [0.2, 0.25) is 0 Å². The van der Waals surface area contributed by atoms with Crippen LogP contribution in [-0.4, -0.2) is 18.9 Å². The molecule has 0 amide bonds. The first-order valence-electron chi connectivity index (χ1n) is 4.49. The van der Waals surface area contributed by atoms with Gasteiger partial charge in [-0.3, -0.25) is 4.79 Å². The highest BCUT2D eigenvalue weighted by atomic mass is 19.2. The second-order valence-corrected chi connectivity index (χ2v) is 3.43. The number of Topliss-reactive ketones (excluding diaryl/α,β-unsaturated/α-hetero) is 1. The Hall–Kier alpha value is -1.52. The molecule has 0 spiro atoms. The molecule has 0 saturated carbocycles. The van der Waals surface area contributed by atoms with Gasteiger partial charge in [0.25, 0.3) is 0 Å². The normalized spacial score (nSPS) is 16.2. The Morgan fingerprint density at radius 3 is 2.20 bits per heavy atom. The van der Waals surface area contributed by atoms with Crippen LogP contribution >= 0.6 is 0 Å². The number of nitrogens with zero attached hydrogens (tertiary/aromatic N) is 1. The molecule has 0 unspecified atom stereocenters. The fourth-order valence-electron chi connectivity index (χ4n) is 1.58. The van der Waals surface area contributed by atoms with Crippen LogP contribution in [-0.2, 0) is 4.79 Å². The zero-order chi connectivity index (χ0) is 11.0. The Bertz CT molecular complexity index is 396. The molecule has 1 aliphatic heterocycles. The molecule has 0 aromatic heterocycles. The number of benzene rings is 1. The van der Waals surface area contributed by atoms with Crippen molar-refractivity contribution in [3.63, 3.8) is 0 Å². The quantitative estimate of drug-likeness (QED) is 0.666. The summed E-state index contributed by atoms with van der Waals surface area (Å²) in [7, 11) is 0. The summed E-state index contributed by atoms with van der Waals surface area (Å²) >= 11 is 0. The smallest absolute Gasteiger partial charge is 0.194 e. The number of hydrogen-bond acceptors (Lipinski definition) is 2. The zero-order valence-corrected chi connectivity index (χ0v) is 7.77. The fraction of sp³-hybridized carbons (Fsp3) is 0.300. The minimum Gasteiger partial charge on any atom is -0.364 e.